The molecule has 6 heteroatoms. The van der Waals surface area contributed by atoms with Crippen LogP contribution in [-0.2, 0) is 4.74 Å². The Bertz CT molecular complexity index is 696. The lowest BCUT2D eigenvalue weighted by atomic mass is 10.1. The van der Waals surface area contributed by atoms with Crippen LogP contribution in [-0.4, -0.2) is 23.5 Å². The van der Waals surface area contributed by atoms with Crippen molar-refractivity contribution in [2.75, 3.05) is 19.5 Å². The minimum atomic E-state index is -0.155. The number of hydrogen-bond acceptors (Lipinski definition) is 5. The summed E-state index contributed by atoms with van der Waals surface area (Å²) < 4.78 is 12.5. The molecule has 6 nitrogen and oxygen atoms in total. The number of nitrogen functional groups attached to an aromatic ring is 1. The zero-order chi connectivity index (χ0) is 14.8. The predicted molar refractivity (Wildman–Crippen MR) is 77.2 cm³/mol. The van der Waals surface area contributed by atoms with Crippen molar-refractivity contribution in [3.8, 4) is 17.5 Å². The van der Waals surface area contributed by atoms with E-state index in [1.165, 1.54) is 0 Å². The van der Waals surface area contributed by atoms with Crippen molar-refractivity contribution in [2.45, 2.75) is 18.9 Å². The molecule has 0 aliphatic carbocycles. The first-order valence-corrected chi connectivity index (χ1v) is 6.79. The highest BCUT2D eigenvalue weighted by atomic mass is 16.5. The molecule has 2 heterocycles. The van der Waals surface area contributed by atoms with E-state index in [1.54, 1.807) is 11.8 Å². The number of ether oxygens (including phenoxy) is 2. The molecule has 0 amide bonds. The number of para-hydroxylation sites is 2. The maximum Gasteiger partial charge on any atom is 0.145 e. The van der Waals surface area contributed by atoms with E-state index in [1.807, 2.05) is 24.3 Å². The molecule has 1 aromatic heterocycles. The highest BCUT2D eigenvalue weighted by Gasteiger charge is 2.27. The van der Waals surface area contributed by atoms with Crippen LogP contribution in [0.5, 0.6) is 5.75 Å². The van der Waals surface area contributed by atoms with Crippen LogP contribution in [0.2, 0.25) is 0 Å². The van der Waals surface area contributed by atoms with E-state index < -0.39 is 0 Å². The van der Waals surface area contributed by atoms with E-state index in [0.29, 0.717) is 35.1 Å². The monoisotopic (exact) mass is 284 g/mol. The fourth-order valence-corrected chi connectivity index (χ4v) is 2.57. The second kappa shape index (κ2) is 5.46. The number of hydrogen-bond donors (Lipinski definition) is 1. The van der Waals surface area contributed by atoms with E-state index in [2.05, 4.69) is 11.2 Å². The molecule has 0 bridgehead atoms. The van der Waals surface area contributed by atoms with E-state index >= 15 is 0 Å². The summed E-state index contributed by atoms with van der Waals surface area (Å²) in [6, 6.07) is 9.56. The van der Waals surface area contributed by atoms with Crippen molar-refractivity contribution >= 4 is 5.82 Å². The van der Waals surface area contributed by atoms with Crippen LogP contribution in [0.15, 0.2) is 24.3 Å². The lowest BCUT2D eigenvalue weighted by molar-refractivity contribution is 0.108. The molecular formula is C15H16N4O2. The number of nitriles is 1. The van der Waals surface area contributed by atoms with Crippen LogP contribution in [0.4, 0.5) is 5.82 Å². The van der Waals surface area contributed by atoms with Crippen molar-refractivity contribution < 1.29 is 9.47 Å². The third-order valence-electron chi connectivity index (χ3n) is 3.61. The highest BCUT2D eigenvalue weighted by molar-refractivity contribution is 5.59. The topological polar surface area (TPSA) is 86.1 Å². The first kappa shape index (κ1) is 13.5. The molecule has 0 spiro atoms. The fraction of sp³-hybridized carbons (Fsp3) is 0.333. The smallest absolute Gasteiger partial charge is 0.145 e. The Morgan fingerprint density at radius 2 is 2.29 bits per heavy atom. The van der Waals surface area contributed by atoms with Gasteiger partial charge in [0.1, 0.15) is 40.7 Å². The van der Waals surface area contributed by atoms with Crippen LogP contribution in [0, 0.1) is 11.3 Å². The molecule has 1 aromatic carbocycles. The Kier molecular flexibility index (Phi) is 3.50. The second-order valence-electron chi connectivity index (χ2n) is 4.84. The Balaban J connectivity index is 2.13. The number of nitrogens with two attached hydrogens (primary N) is 1. The molecule has 0 saturated carbocycles. The average molecular weight is 284 g/mol. The Morgan fingerprint density at radius 1 is 1.48 bits per heavy atom. The van der Waals surface area contributed by atoms with Crippen LogP contribution >= 0.6 is 0 Å². The molecule has 3 rings (SSSR count). The maximum absolute atomic E-state index is 9.38. The van der Waals surface area contributed by atoms with Gasteiger partial charge in [0.25, 0.3) is 0 Å². The Morgan fingerprint density at radius 3 is 2.95 bits per heavy atom. The lowest BCUT2D eigenvalue weighted by Crippen LogP contribution is -2.05. The van der Waals surface area contributed by atoms with Gasteiger partial charge in [0.15, 0.2) is 0 Å². The molecule has 2 N–H and O–H groups in total. The first-order valence-electron chi connectivity index (χ1n) is 6.79. The van der Waals surface area contributed by atoms with Gasteiger partial charge in [0.05, 0.1) is 7.11 Å². The summed E-state index contributed by atoms with van der Waals surface area (Å²) in [5, 5.41) is 13.9. The molecule has 0 radical (unpaired) electrons. The van der Waals surface area contributed by atoms with Gasteiger partial charge < -0.3 is 15.2 Å². The van der Waals surface area contributed by atoms with Gasteiger partial charge in [0.2, 0.25) is 0 Å². The van der Waals surface area contributed by atoms with Crippen molar-refractivity contribution in [2.24, 2.45) is 0 Å². The summed E-state index contributed by atoms with van der Waals surface area (Å²) in [5.41, 5.74) is 7.80. The third-order valence-corrected chi connectivity index (χ3v) is 3.61. The summed E-state index contributed by atoms with van der Waals surface area (Å²) in [6.45, 7) is 0.691. The molecule has 1 aliphatic rings. The van der Waals surface area contributed by atoms with E-state index in [0.717, 1.165) is 12.8 Å². The first-order chi connectivity index (χ1) is 10.3. The van der Waals surface area contributed by atoms with Crippen LogP contribution in [0.25, 0.3) is 5.69 Å². The number of benzene rings is 1. The number of aromatic nitrogens is 2. The van der Waals surface area contributed by atoms with Crippen molar-refractivity contribution in [1.82, 2.24) is 9.78 Å². The van der Waals surface area contributed by atoms with Gasteiger partial charge in [-0.15, -0.1) is 0 Å². The van der Waals surface area contributed by atoms with E-state index in [4.69, 9.17) is 15.2 Å². The summed E-state index contributed by atoms with van der Waals surface area (Å²) >= 11 is 0. The quantitative estimate of drug-likeness (QED) is 0.933. The summed E-state index contributed by atoms with van der Waals surface area (Å²) in [4.78, 5) is 0. The van der Waals surface area contributed by atoms with E-state index in [9.17, 15) is 5.26 Å². The SMILES string of the molecule is COc1ccccc1-n1nc(C2CCCO2)c(C#N)c1N. The highest BCUT2D eigenvalue weighted by Crippen LogP contribution is 2.34. The third kappa shape index (κ3) is 2.22. The number of rotatable bonds is 3. The molecule has 1 unspecified atom stereocenters. The molecule has 21 heavy (non-hydrogen) atoms. The molecule has 108 valence electrons. The fourth-order valence-electron chi connectivity index (χ4n) is 2.57. The van der Waals surface area contributed by atoms with Gasteiger partial charge in [-0.3, -0.25) is 0 Å². The van der Waals surface area contributed by atoms with Gasteiger partial charge in [-0.05, 0) is 25.0 Å². The lowest BCUT2D eigenvalue weighted by Gasteiger charge is -2.09. The van der Waals surface area contributed by atoms with Crippen molar-refractivity contribution in [3.05, 3.63) is 35.5 Å². The zero-order valence-corrected chi connectivity index (χ0v) is 11.7. The molecular weight excluding hydrogens is 268 g/mol. The minimum Gasteiger partial charge on any atom is -0.494 e. The summed E-state index contributed by atoms with van der Waals surface area (Å²) in [7, 11) is 1.59. The summed E-state index contributed by atoms with van der Waals surface area (Å²) in [5.74, 6) is 0.961. The Labute approximate surface area is 122 Å². The molecule has 1 atom stereocenters. The normalized spacial score (nSPS) is 17.6. The predicted octanol–water partition coefficient (Wildman–Crippen LogP) is 2.19. The number of anilines is 1. The average Bonchev–Trinajstić information content (AvgIpc) is 3.14. The number of methoxy groups -OCH3 is 1. The zero-order valence-electron chi connectivity index (χ0n) is 11.7. The summed E-state index contributed by atoms with van der Waals surface area (Å²) in [6.07, 6.45) is 1.67. The molecule has 2 aromatic rings. The minimum absolute atomic E-state index is 0.155. The molecule has 1 saturated heterocycles. The van der Waals surface area contributed by atoms with Gasteiger partial charge >= 0.3 is 0 Å². The Hall–Kier alpha value is -2.52. The van der Waals surface area contributed by atoms with Gasteiger partial charge in [-0.1, -0.05) is 12.1 Å². The van der Waals surface area contributed by atoms with Gasteiger partial charge in [0, 0.05) is 6.61 Å². The van der Waals surface area contributed by atoms with Crippen molar-refractivity contribution in [1.29, 1.82) is 5.26 Å². The van der Waals surface area contributed by atoms with Crippen LogP contribution in [0.3, 0.4) is 0 Å². The standard InChI is InChI=1S/C15H16N4O2/c1-20-12-6-3-2-5-11(12)19-15(17)10(9-16)14(18-19)13-7-4-8-21-13/h2-3,5-6,13H,4,7-8,17H2,1H3. The largest absolute Gasteiger partial charge is 0.494 e. The van der Waals surface area contributed by atoms with Crippen LogP contribution in [0.1, 0.15) is 30.2 Å². The second-order valence-corrected chi connectivity index (χ2v) is 4.84. The maximum atomic E-state index is 9.38. The van der Waals surface area contributed by atoms with Gasteiger partial charge in [-0.25, -0.2) is 4.68 Å². The number of nitrogens with zero attached hydrogens (tertiary/aromatic N) is 3. The molecule has 1 fully saturated rings. The van der Waals surface area contributed by atoms with Crippen molar-refractivity contribution in [3.63, 3.8) is 0 Å². The van der Waals surface area contributed by atoms with Gasteiger partial charge in [-0.2, -0.15) is 10.4 Å². The van der Waals surface area contributed by atoms with E-state index in [-0.39, 0.29) is 6.10 Å². The van der Waals surface area contributed by atoms with Crippen LogP contribution < -0.4 is 10.5 Å². The molecule has 1 aliphatic heterocycles.